The third kappa shape index (κ3) is 1.68. The molecule has 15 heavy (non-hydrogen) atoms. The van der Waals surface area contributed by atoms with Gasteiger partial charge in [-0.15, -0.1) is 11.3 Å². The molecule has 0 N–H and O–H groups in total. The predicted octanol–water partition coefficient (Wildman–Crippen LogP) is 3.76. The molecule has 0 aliphatic carbocycles. The summed E-state index contributed by atoms with van der Waals surface area (Å²) in [6.07, 6.45) is 0. The van der Waals surface area contributed by atoms with Crippen LogP contribution in [0.1, 0.15) is 15.2 Å². The molecule has 0 saturated heterocycles. The third-order valence-electron chi connectivity index (χ3n) is 2.27. The van der Waals surface area contributed by atoms with Crippen LogP contribution in [-0.4, -0.2) is 13.1 Å². The third-order valence-corrected chi connectivity index (χ3v) is 4.17. The van der Waals surface area contributed by atoms with E-state index in [1.165, 1.54) is 18.4 Å². The van der Waals surface area contributed by atoms with Gasteiger partial charge in [-0.25, -0.2) is 4.79 Å². The highest BCUT2D eigenvalue weighted by atomic mass is 79.9. The summed E-state index contributed by atoms with van der Waals surface area (Å²) in [5.74, 6) is -0.263. The zero-order chi connectivity index (χ0) is 11.0. The molecule has 0 fully saturated rings. The minimum atomic E-state index is -0.263. The number of hydrogen-bond acceptors (Lipinski definition) is 3. The number of ether oxygens (including phenoxy) is 1. The maximum absolute atomic E-state index is 11.5. The van der Waals surface area contributed by atoms with E-state index in [9.17, 15) is 4.79 Å². The van der Waals surface area contributed by atoms with Crippen molar-refractivity contribution in [3.8, 4) is 0 Å². The van der Waals surface area contributed by atoms with Gasteiger partial charge >= 0.3 is 5.97 Å². The number of carbonyl (C=O) groups is 1. The average molecular weight is 285 g/mol. The Morgan fingerprint density at radius 2 is 2.20 bits per heavy atom. The van der Waals surface area contributed by atoms with Crippen molar-refractivity contribution in [1.82, 2.24) is 0 Å². The lowest BCUT2D eigenvalue weighted by Gasteiger charge is -1.97. The van der Waals surface area contributed by atoms with Gasteiger partial charge < -0.3 is 4.74 Å². The van der Waals surface area contributed by atoms with Gasteiger partial charge in [0.25, 0.3) is 0 Å². The van der Waals surface area contributed by atoms with Crippen LogP contribution < -0.4 is 0 Å². The summed E-state index contributed by atoms with van der Waals surface area (Å²) in [5, 5.41) is 1.10. The van der Waals surface area contributed by atoms with Gasteiger partial charge in [0.1, 0.15) is 4.88 Å². The average Bonchev–Trinajstić information content (AvgIpc) is 2.56. The Hall–Kier alpha value is -0.870. The number of benzene rings is 1. The maximum atomic E-state index is 11.5. The molecule has 0 bridgehead atoms. The van der Waals surface area contributed by atoms with Gasteiger partial charge in [-0.3, -0.25) is 0 Å². The minimum absolute atomic E-state index is 0.263. The van der Waals surface area contributed by atoms with Crippen LogP contribution in [0.2, 0.25) is 0 Å². The van der Waals surface area contributed by atoms with Crippen molar-refractivity contribution in [3.63, 3.8) is 0 Å². The smallest absolute Gasteiger partial charge is 0.348 e. The highest BCUT2D eigenvalue weighted by molar-refractivity contribution is 9.10. The van der Waals surface area contributed by atoms with E-state index >= 15 is 0 Å². The number of esters is 1. The molecule has 0 saturated carbocycles. The number of carbonyl (C=O) groups excluding carboxylic acids is 1. The first-order valence-corrected chi connectivity index (χ1v) is 6.02. The van der Waals surface area contributed by atoms with Crippen LogP contribution >= 0.6 is 27.3 Å². The molecule has 1 aromatic carbocycles. The van der Waals surface area contributed by atoms with Gasteiger partial charge in [-0.1, -0.05) is 22.0 Å². The van der Waals surface area contributed by atoms with E-state index in [1.54, 1.807) is 0 Å². The van der Waals surface area contributed by atoms with Crippen LogP contribution in [0.15, 0.2) is 22.7 Å². The molecule has 0 amide bonds. The number of halogens is 1. The summed E-state index contributed by atoms with van der Waals surface area (Å²) in [6.45, 7) is 1.94. The minimum Gasteiger partial charge on any atom is -0.465 e. The summed E-state index contributed by atoms with van der Waals surface area (Å²) in [4.78, 5) is 12.2. The number of aryl methyl sites for hydroxylation is 1. The zero-order valence-electron chi connectivity index (χ0n) is 8.33. The lowest BCUT2D eigenvalue weighted by Crippen LogP contribution is -1.99. The number of fused-ring (bicyclic) bond motifs is 1. The van der Waals surface area contributed by atoms with E-state index in [-0.39, 0.29) is 5.97 Å². The van der Waals surface area contributed by atoms with Crippen molar-refractivity contribution < 1.29 is 9.53 Å². The predicted molar refractivity (Wildman–Crippen MR) is 65.6 cm³/mol. The highest BCUT2D eigenvalue weighted by Gasteiger charge is 2.16. The maximum Gasteiger partial charge on any atom is 0.348 e. The summed E-state index contributed by atoms with van der Waals surface area (Å²) < 4.78 is 6.86. The van der Waals surface area contributed by atoms with Crippen molar-refractivity contribution in [1.29, 1.82) is 0 Å². The number of methoxy groups -OCH3 is 1. The van der Waals surface area contributed by atoms with Crippen molar-refractivity contribution in [3.05, 3.63) is 33.1 Å². The molecule has 2 aromatic rings. The van der Waals surface area contributed by atoms with E-state index < -0.39 is 0 Å². The van der Waals surface area contributed by atoms with Crippen LogP contribution in [0.3, 0.4) is 0 Å². The summed E-state index contributed by atoms with van der Waals surface area (Å²) in [6, 6.07) is 5.94. The number of thiophene rings is 1. The second-order valence-electron chi connectivity index (χ2n) is 3.16. The van der Waals surface area contributed by atoms with Crippen LogP contribution in [0.5, 0.6) is 0 Å². The highest BCUT2D eigenvalue weighted by Crippen LogP contribution is 2.35. The largest absolute Gasteiger partial charge is 0.465 e. The molecule has 2 rings (SSSR count). The topological polar surface area (TPSA) is 26.3 Å². The zero-order valence-corrected chi connectivity index (χ0v) is 10.7. The first-order chi connectivity index (χ1) is 7.15. The Bertz CT molecular complexity index is 531. The molecule has 0 spiro atoms. The van der Waals surface area contributed by atoms with E-state index in [4.69, 9.17) is 4.74 Å². The lowest BCUT2D eigenvalue weighted by molar-refractivity contribution is 0.0605. The number of rotatable bonds is 1. The summed E-state index contributed by atoms with van der Waals surface area (Å²) in [7, 11) is 1.40. The molecule has 0 radical (unpaired) electrons. The van der Waals surface area contributed by atoms with Crippen LogP contribution in [0.4, 0.5) is 0 Å². The monoisotopic (exact) mass is 284 g/mol. The summed E-state index contributed by atoms with van der Waals surface area (Å²) in [5.41, 5.74) is 0.981. The molecule has 4 heteroatoms. The lowest BCUT2D eigenvalue weighted by atomic mass is 10.1. The van der Waals surface area contributed by atoms with Gasteiger partial charge in [0, 0.05) is 14.6 Å². The van der Waals surface area contributed by atoms with E-state index in [0.29, 0.717) is 4.88 Å². The molecular weight excluding hydrogens is 276 g/mol. The van der Waals surface area contributed by atoms with Crippen LogP contribution in [0.25, 0.3) is 10.1 Å². The molecule has 0 unspecified atom stereocenters. The van der Waals surface area contributed by atoms with E-state index in [2.05, 4.69) is 15.9 Å². The summed E-state index contributed by atoms with van der Waals surface area (Å²) >= 11 is 4.95. The fourth-order valence-corrected chi connectivity index (χ4v) is 3.49. The second-order valence-corrected chi connectivity index (χ2v) is 5.07. The van der Waals surface area contributed by atoms with Gasteiger partial charge in [-0.05, 0) is 24.6 Å². The Balaban J connectivity index is 2.75. The molecule has 0 aliphatic heterocycles. The Kier molecular flexibility index (Phi) is 2.80. The second kappa shape index (κ2) is 3.94. The van der Waals surface area contributed by atoms with Gasteiger partial charge in [0.05, 0.1) is 7.11 Å². The van der Waals surface area contributed by atoms with Crippen molar-refractivity contribution >= 4 is 43.3 Å². The molecule has 2 nitrogen and oxygen atoms in total. The van der Waals surface area contributed by atoms with Gasteiger partial charge in [0.15, 0.2) is 0 Å². The van der Waals surface area contributed by atoms with Crippen LogP contribution in [0, 0.1) is 6.92 Å². The molecule has 1 heterocycles. The fraction of sp³-hybridized carbons (Fsp3) is 0.182. The van der Waals surface area contributed by atoms with Crippen LogP contribution in [-0.2, 0) is 4.74 Å². The van der Waals surface area contributed by atoms with E-state index in [1.807, 2.05) is 25.1 Å². The molecule has 0 aliphatic rings. The van der Waals surface area contributed by atoms with E-state index in [0.717, 1.165) is 20.1 Å². The molecular formula is C11H9BrO2S. The SMILES string of the molecule is COC(=O)c1sc2cccc(Br)c2c1C. The quantitative estimate of drug-likeness (QED) is 0.746. The van der Waals surface area contributed by atoms with Gasteiger partial charge in [0.2, 0.25) is 0 Å². The van der Waals surface area contributed by atoms with Crippen molar-refractivity contribution in [2.75, 3.05) is 7.11 Å². The fourth-order valence-electron chi connectivity index (χ4n) is 1.54. The number of hydrogen-bond donors (Lipinski definition) is 0. The van der Waals surface area contributed by atoms with Crippen molar-refractivity contribution in [2.24, 2.45) is 0 Å². The van der Waals surface area contributed by atoms with Gasteiger partial charge in [-0.2, -0.15) is 0 Å². The first kappa shape index (κ1) is 10.6. The first-order valence-electron chi connectivity index (χ1n) is 4.41. The Labute approximate surface area is 100.0 Å². The normalized spacial score (nSPS) is 10.6. The molecule has 1 aromatic heterocycles. The molecule has 0 atom stereocenters. The Morgan fingerprint density at radius 3 is 2.80 bits per heavy atom. The Morgan fingerprint density at radius 1 is 1.47 bits per heavy atom. The molecule has 78 valence electrons. The standard InChI is InChI=1S/C11H9BrO2S/c1-6-9-7(12)4-3-5-8(9)15-10(6)11(13)14-2/h3-5H,1-2H3. The van der Waals surface area contributed by atoms with Crippen molar-refractivity contribution in [2.45, 2.75) is 6.92 Å².